The van der Waals surface area contributed by atoms with Gasteiger partial charge in [-0.15, -0.1) is 10.2 Å². The van der Waals surface area contributed by atoms with Gasteiger partial charge in [0.25, 0.3) is 0 Å². The van der Waals surface area contributed by atoms with E-state index in [1.165, 1.54) is 11.8 Å². The average Bonchev–Trinajstić information content (AvgIpc) is 3.49. The van der Waals surface area contributed by atoms with Crippen LogP contribution in [0.2, 0.25) is 0 Å². The van der Waals surface area contributed by atoms with Crippen LogP contribution in [0.4, 0.5) is 0 Å². The lowest BCUT2D eigenvalue weighted by atomic mass is 9.97. The summed E-state index contributed by atoms with van der Waals surface area (Å²) < 4.78 is 7.56. The summed E-state index contributed by atoms with van der Waals surface area (Å²) in [5, 5.41) is 9.46. The number of thioether (sulfide) groups is 1. The predicted octanol–water partition coefficient (Wildman–Crippen LogP) is 5.38. The zero-order valence-corrected chi connectivity index (χ0v) is 19.9. The summed E-state index contributed by atoms with van der Waals surface area (Å²) in [5.41, 5.74) is 2.15. The maximum absolute atomic E-state index is 13.3. The molecule has 0 spiro atoms. The molecule has 0 aliphatic carbocycles. The highest BCUT2D eigenvalue weighted by Gasteiger charge is 2.24. The highest BCUT2D eigenvalue weighted by atomic mass is 32.2. The number of benzene rings is 2. The molecule has 0 saturated heterocycles. The number of amides is 1. The molecule has 7 heteroatoms. The summed E-state index contributed by atoms with van der Waals surface area (Å²) in [4.78, 5) is 15.1. The smallest absolute Gasteiger partial charge is 0.233 e. The highest BCUT2D eigenvalue weighted by molar-refractivity contribution is 7.99. The minimum Gasteiger partial charge on any atom is -0.467 e. The van der Waals surface area contributed by atoms with Crippen LogP contribution in [-0.2, 0) is 11.3 Å². The molecule has 0 unspecified atom stereocenters. The van der Waals surface area contributed by atoms with Crippen molar-refractivity contribution in [1.29, 1.82) is 0 Å². The predicted molar refractivity (Wildman–Crippen MR) is 130 cm³/mol. The van der Waals surface area contributed by atoms with E-state index in [4.69, 9.17) is 4.42 Å². The van der Waals surface area contributed by atoms with Gasteiger partial charge in [0, 0.05) is 13.0 Å². The molecule has 170 valence electrons. The van der Waals surface area contributed by atoms with E-state index in [0.29, 0.717) is 11.7 Å². The molecule has 1 amide bonds. The van der Waals surface area contributed by atoms with Gasteiger partial charge in [-0.25, -0.2) is 0 Å². The molecule has 0 N–H and O–H groups in total. The highest BCUT2D eigenvalue weighted by Crippen LogP contribution is 2.29. The molecule has 2 aromatic heterocycles. The normalized spacial score (nSPS) is 11.3. The summed E-state index contributed by atoms with van der Waals surface area (Å²) in [6.07, 6.45) is 1.66. The fourth-order valence-electron chi connectivity index (χ4n) is 3.82. The lowest BCUT2D eigenvalue weighted by molar-refractivity contribution is -0.128. The van der Waals surface area contributed by atoms with E-state index >= 15 is 0 Å². The second-order valence-electron chi connectivity index (χ2n) is 8.18. The molecule has 0 radical (unpaired) electrons. The third-order valence-corrected chi connectivity index (χ3v) is 6.44. The number of hydrogen-bond donors (Lipinski definition) is 0. The molecule has 2 aromatic carbocycles. The Bertz CT molecular complexity index is 1120. The molecule has 0 aliphatic heterocycles. The topological polar surface area (TPSA) is 64.2 Å². The number of carbonyl (C=O) groups is 1. The Hall–Kier alpha value is -3.32. The van der Waals surface area contributed by atoms with Gasteiger partial charge in [-0.3, -0.25) is 9.36 Å². The van der Waals surface area contributed by atoms with E-state index in [-0.39, 0.29) is 23.6 Å². The van der Waals surface area contributed by atoms with E-state index in [2.05, 4.69) is 48.3 Å². The van der Waals surface area contributed by atoms with Crippen LogP contribution in [0.1, 0.15) is 48.5 Å². The van der Waals surface area contributed by atoms with Crippen molar-refractivity contribution in [3.05, 3.63) is 102 Å². The summed E-state index contributed by atoms with van der Waals surface area (Å²) in [7, 11) is 1.86. The third-order valence-electron chi connectivity index (χ3n) is 5.49. The molecule has 4 aromatic rings. The van der Waals surface area contributed by atoms with Crippen LogP contribution in [0.15, 0.2) is 88.6 Å². The third kappa shape index (κ3) is 5.37. The van der Waals surface area contributed by atoms with Gasteiger partial charge in [0.1, 0.15) is 11.6 Å². The molecule has 6 nitrogen and oxygen atoms in total. The van der Waals surface area contributed by atoms with Crippen molar-refractivity contribution in [1.82, 2.24) is 19.7 Å². The fourth-order valence-corrected chi connectivity index (χ4v) is 4.69. The van der Waals surface area contributed by atoms with Gasteiger partial charge in [0.05, 0.1) is 24.6 Å². The Morgan fingerprint density at radius 2 is 1.61 bits per heavy atom. The number of rotatable bonds is 9. The van der Waals surface area contributed by atoms with Gasteiger partial charge >= 0.3 is 0 Å². The SMILES string of the molecule is CC(C)c1nnc(SCC(=O)N(C)C(c2ccccc2)c2ccccc2)n1Cc1ccco1. The second-order valence-corrected chi connectivity index (χ2v) is 9.12. The monoisotopic (exact) mass is 460 g/mol. The average molecular weight is 461 g/mol. The molecule has 0 saturated carbocycles. The summed E-state index contributed by atoms with van der Waals surface area (Å²) in [5.74, 6) is 2.20. The fraction of sp³-hybridized carbons (Fsp3) is 0.269. The molecule has 33 heavy (non-hydrogen) atoms. The summed E-state index contributed by atoms with van der Waals surface area (Å²) >= 11 is 1.41. The van der Waals surface area contributed by atoms with Crippen LogP contribution in [0.3, 0.4) is 0 Å². The number of furan rings is 1. The zero-order valence-electron chi connectivity index (χ0n) is 19.1. The standard InChI is InChI=1S/C26H28N4O2S/c1-19(2)25-27-28-26(30(25)17-22-15-10-16-32-22)33-18-23(31)29(3)24(20-11-6-4-7-12-20)21-13-8-5-9-14-21/h4-16,19,24H,17-18H2,1-3H3. The van der Waals surface area contributed by atoms with Crippen LogP contribution in [0, 0.1) is 0 Å². The van der Waals surface area contributed by atoms with Crippen LogP contribution < -0.4 is 0 Å². The van der Waals surface area contributed by atoms with Crippen LogP contribution in [0.5, 0.6) is 0 Å². The van der Waals surface area contributed by atoms with Crippen molar-refractivity contribution < 1.29 is 9.21 Å². The van der Waals surface area contributed by atoms with Gasteiger partial charge in [-0.05, 0) is 23.3 Å². The Morgan fingerprint density at radius 1 is 0.970 bits per heavy atom. The van der Waals surface area contributed by atoms with E-state index in [1.807, 2.05) is 65.0 Å². The van der Waals surface area contributed by atoms with E-state index in [9.17, 15) is 4.79 Å². The van der Waals surface area contributed by atoms with Crippen molar-refractivity contribution in [2.45, 2.75) is 37.5 Å². The quantitative estimate of drug-likeness (QED) is 0.314. The molecular formula is C26H28N4O2S. The van der Waals surface area contributed by atoms with Gasteiger partial charge in [-0.2, -0.15) is 0 Å². The first kappa shape index (κ1) is 22.9. The lowest BCUT2D eigenvalue weighted by Gasteiger charge is -2.29. The first-order valence-electron chi connectivity index (χ1n) is 11.0. The Kier molecular flexibility index (Phi) is 7.29. The van der Waals surface area contributed by atoms with Crippen LogP contribution in [-0.4, -0.2) is 38.4 Å². The minimum atomic E-state index is -0.160. The Morgan fingerprint density at radius 3 is 2.15 bits per heavy atom. The maximum Gasteiger partial charge on any atom is 0.233 e. The van der Waals surface area contributed by atoms with Crippen molar-refractivity contribution in [2.24, 2.45) is 0 Å². The molecule has 0 bridgehead atoms. The van der Waals surface area contributed by atoms with Crippen molar-refractivity contribution in [3.8, 4) is 0 Å². The summed E-state index contributed by atoms with van der Waals surface area (Å²) in [6.45, 7) is 4.71. The molecule has 4 rings (SSSR count). The van der Waals surface area contributed by atoms with Crippen LogP contribution in [0.25, 0.3) is 0 Å². The number of nitrogens with zero attached hydrogens (tertiary/aromatic N) is 4. The Labute approximate surface area is 198 Å². The first-order chi connectivity index (χ1) is 16.0. The van der Waals surface area contributed by atoms with Crippen LogP contribution >= 0.6 is 11.8 Å². The van der Waals surface area contributed by atoms with Crippen molar-refractivity contribution in [2.75, 3.05) is 12.8 Å². The van der Waals surface area contributed by atoms with Gasteiger partial charge < -0.3 is 9.32 Å². The molecule has 2 heterocycles. The van der Waals surface area contributed by atoms with E-state index in [1.54, 1.807) is 6.26 Å². The van der Waals surface area contributed by atoms with Crippen molar-refractivity contribution >= 4 is 17.7 Å². The molecular weight excluding hydrogens is 432 g/mol. The molecule has 0 fully saturated rings. The van der Waals surface area contributed by atoms with Gasteiger partial charge in [-0.1, -0.05) is 86.3 Å². The van der Waals surface area contributed by atoms with E-state index < -0.39 is 0 Å². The van der Waals surface area contributed by atoms with E-state index in [0.717, 1.165) is 22.7 Å². The molecule has 0 aliphatic rings. The Balaban J connectivity index is 1.53. The summed E-state index contributed by atoms with van der Waals surface area (Å²) in [6, 6.07) is 23.9. The first-order valence-corrected chi connectivity index (χ1v) is 12.0. The molecule has 0 atom stereocenters. The maximum atomic E-state index is 13.3. The van der Waals surface area contributed by atoms with Gasteiger partial charge in [0.2, 0.25) is 5.91 Å². The second kappa shape index (κ2) is 10.5. The largest absolute Gasteiger partial charge is 0.467 e. The number of carbonyl (C=O) groups excluding carboxylic acids is 1. The zero-order chi connectivity index (χ0) is 23.2. The minimum absolute atomic E-state index is 0.0244. The number of aromatic nitrogens is 3. The van der Waals surface area contributed by atoms with Gasteiger partial charge in [0.15, 0.2) is 5.16 Å². The van der Waals surface area contributed by atoms with Crippen molar-refractivity contribution in [3.63, 3.8) is 0 Å². The number of hydrogen-bond acceptors (Lipinski definition) is 5. The lowest BCUT2D eigenvalue weighted by Crippen LogP contribution is -2.33.